The van der Waals surface area contributed by atoms with Crippen molar-refractivity contribution in [3.05, 3.63) is 71.8 Å². The van der Waals surface area contributed by atoms with Gasteiger partial charge in [0.25, 0.3) is 5.91 Å². The van der Waals surface area contributed by atoms with E-state index in [0.717, 1.165) is 10.5 Å². The van der Waals surface area contributed by atoms with Crippen molar-refractivity contribution < 1.29 is 19.2 Å². The highest BCUT2D eigenvalue weighted by atomic mass is 16.2. The van der Waals surface area contributed by atoms with Crippen LogP contribution in [-0.4, -0.2) is 60.7 Å². The van der Waals surface area contributed by atoms with E-state index in [4.69, 9.17) is 0 Å². The van der Waals surface area contributed by atoms with E-state index in [9.17, 15) is 19.2 Å². The maximum Gasteiger partial charge on any atom is 0.325 e. The Hall–Kier alpha value is -3.68. The quantitative estimate of drug-likeness (QED) is 0.665. The number of amides is 5. The lowest BCUT2D eigenvalue weighted by Gasteiger charge is -2.27. The molecule has 0 spiro atoms. The van der Waals surface area contributed by atoms with Gasteiger partial charge in [-0.15, -0.1) is 0 Å². The summed E-state index contributed by atoms with van der Waals surface area (Å²) in [4.78, 5) is 52.3. The maximum absolute atomic E-state index is 13.4. The molecule has 0 unspecified atom stereocenters. The summed E-state index contributed by atoms with van der Waals surface area (Å²) in [6.45, 7) is -0.669. The second-order valence-corrected chi connectivity index (χ2v) is 7.32. The zero-order valence-corrected chi connectivity index (χ0v) is 16.9. The first-order chi connectivity index (χ1) is 14.3. The summed E-state index contributed by atoms with van der Waals surface area (Å²) in [6, 6.07) is 17.7. The summed E-state index contributed by atoms with van der Waals surface area (Å²) >= 11 is 0. The Morgan fingerprint density at radius 3 is 2.20 bits per heavy atom. The first kappa shape index (κ1) is 21.0. The minimum atomic E-state index is -1.31. The van der Waals surface area contributed by atoms with Crippen LogP contribution in [0.3, 0.4) is 0 Å². The van der Waals surface area contributed by atoms with Crippen molar-refractivity contribution in [3.63, 3.8) is 0 Å². The average molecular weight is 408 g/mol. The number of urea groups is 1. The van der Waals surface area contributed by atoms with Gasteiger partial charge < -0.3 is 15.5 Å². The number of nitrogens with one attached hydrogen (secondary N) is 2. The van der Waals surface area contributed by atoms with E-state index in [2.05, 4.69) is 10.6 Å². The number of benzene rings is 2. The van der Waals surface area contributed by atoms with Crippen LogP contribution >= 0.6 is 0 Å². The fraction of sp³-hybridized carbons (Fsp3) is 0.273. The van der Waals surface area contributed by atoms with E-state index in [1.165, 1.54) is 4.90 Å². The molecule has 2 aromatic rings. The number of hydrogen-bond acceptors (Lipinski definition) is 4. The highest BCUT2D eigenvalue weighted by Crippen LogP contribution is 2.32. The topological polar surface area (TPSA) is 98.8 Å². The maximum atomic E-state index is 13.4. The van der Waals surface area contributed by atoms with Crippen molar-refractivity contribution in [1.29, 1.82) is 0 Å². The molecule has 8 heteroatoms. The lowest BCUT2D eigenvalue weighted by Crippen LogP contribution is -2.47. The van der Waals surface area contributed by atoms with Gasteiger partial charge in [-0.25, -0.2) is 4.79 Å². The van der Waals surface area contributed by atoms with Crippen LogP contribution in [0, 0.1) is 0 Å². The molecule has 30 heavy (non-hydrogen) atoms. The standard InChI is InChI=1S/C22H24N4O4/c1-25(2)19(28)14-23-18(27)15-26-20(29)22(24-21(26)30,17-11-7-4-8-12-17)13-16-9-5-3-6-10-16/h3-12H,13-15H2,1-2H3,(H,23,27)(H,24,30)/t22-/m1/s1. The monoisotopic (exact) mass is 408 g/mol. The lowest BCUT2D eigenvalue weighted by atomic mass is 9.83. The van der Waals surface area contributed by atoms with E-state index in [1.807, 2.05) is 36.4 Å². The molecule has 5 amide bonds. The third-order valence-electron chi connectivity index (χ3n) is 4.99. The summed E-state index contributed by atoms with van der Waals surface area (Å²) in [5, 5.41) is 5.25. The Morgan fingerprint density at radius 1 is 1.00 bits per heavy atom. The van der Waals surface area contributed by atoms with Gasteiger partial charge in [0.2, 0.25) is 11.8 Å². The van der Waals surface area contributed by atoms with Crippen molar-refractivity contribution in [2.75, 3.05) is 27.2 Å². The van der Waals surface area contributed by atoms with Crippen molar-refractivity contribution in [1.82, 2.24) is 20.4 Å². The molecule has 1 aliphatic rings. The molecule has 1 atom stereocenters. The molecule has 156 valence electrons. The van der Waals surface area contributed by atoms with Gasteiger partial charge in [0.1, 0.15) is 6.54 Å². The zero-order chi connectivity index (χ0) is 21.7. The number of imide groups is 1. The van der Waals surface area contributed by atoms with Gasteiger partial charge in [-0.05, 0) is 11.1 Å². The first-order valence-corrected chi connectivity index (χ1v) is 9.54. The van der Waals surface area contributed by atoms with E-state index in [1.54, 1.807) is 38.4 Å². The average Bonchev–Trinajstić information content (AvgIpc) is 2.98. The summed E-state index contributed by atoms with van der Waals surface area (Å²) in [5.74, 6) is -1.38. The smallest absolute Gasteiger partial charge is 0.325 e. The highest BCUT2D eigenvalue weighted by Gasteiger charge is 2.52. The van der Waals surface area contributed by atoms with E-state index < -0.39 is 29.9 Å². The van der Waals surface area contributed by atoms with Crippen LogP contribution in [0.4, 0.5) is 4.79 Å². The zero-order valence-electron chi connectivity index (χ0n) is 16.9. The van der Waals surface area contributed by atoms with Crippen molar-refractivity contribution in [2.24, 2.45) is 0 Å². The predicted molar refractivity (Wildman–Crippen MR) is 110 cm³/mol. The first-order valence-electron chi connectivity index (χ1n) is 9.54. The molecule has 0 saturated carbocycles. The molecule has 0 bridgehead atoms. The molecular weight excluding hydrogens is 384 g/mol. The van der Waals surface area contributed by atoms with Crippen molar-refractivity contribution in [3.8, 4) is 0 Å². The fourth-order valence-corrected chi connectivity index (χ4v) is 3.34. The van der Waals surface area contributed by atoms with E-state index in [-0.39, 0.29) is 18.9 Å². The molecule has 0 radical (unpaired) electrons. The number of carbonyl (C=O) groups excluding carboxylic acids is 4. The Bertz CT molecular complexity index is 946. The Morgan fingerprint density at radius 2 is 1.60 bits per heavy atom. The molecule has 1 heterocycles. The Kier molecular flexibility index (Phi) is 6.15. The molecule has 8 nitrogen and oxygen atoms in total. The van der Waals surface area contributed by atoms with E-state index >= 15 is 0 Å². The number of rotatable bonds is 7. The van der Waals surface area contributed by atoms with Crippen molar-refractivity contribution >= 4 is 23.8 Å². The lowest BCUT2D eigenvalue weighted by molar-refractivity contribution is -0.136. The van der Waals surface area contributed by atoms with Crippen LogP contribution in [0.5, 0.6) is 0 Å². The summed E-state index contributed by atoms with van der Waals surface area (Å²) in [5.41, 5.74) is 0.204. The molecule has 0 aliphatic carbocycles. The predicted octanol–water partition coefficient (Wildman–Crippen LogP) is 0.881. The molecular formula is C22H24N4O4. The van der Waals surface area contributed by atoms with Gasteiger partial charge in [0.15, 0.2) is 5.54 Å². The van der Waals surface area contributed by atoms with Crippen LogP contribution in [0.25, 0.3) is 0 Å². The second-order valence-electron chi connectivity index (χ2n) is 7.32. The number of nitrogens with zero attached hydrogens (tertiary/aromatic N) is 2. The highest BCUT2D eigenvalue weighted by molar-refractivity contribution is 6.09. The van der Waals surface area contributed by atoms with Crippen LogP contribution in [0.1, 0.15) is 11.1 Å². The minimum absolute atomic E-state index is 0.205. The molecule has 1 fully saturated rings. The van der Waals surface area contributed by atoms with Gasteiger partial charge in [-0.3, -0.25) is 19.3 Å². The Balaban J connectivity index is 1.83. The van der Waals surface area contributed by atoms with Crippen LogP contribution in [0.15, 0.2) is 60.7 Å². The van der Waals surface area contributed by atoms with Crippen LogP contribution in [0.2, 0.25) is 0 Å². The number of hydrogen-bond donors (Lipinski definition) is 2. The van der Waals surface area contributed by atoms with Crippen molar-refractivity contribution in [2.45, 2.75) is 12.0 Å². The largest absolute Gasteiger partial charge is 0.347 e. The van der Waals surface area contributed by atoms with Gasteiger partial charge in [0.05, 0.1) is 6.54 Å². The molecule has 2 N–H and O–H groups in total. The van der Waals surface area contributed by atoms with Gasteiger partial charge >= 0.3 is 6.03 Å². The summed E-state index contributed by atoms with van der Waals surface area (Å²) < 4.78 is 0. The third-order valence-corrected chi connectivity index (χ3v) is 4.99. The SMILES string of the molecule is CN(C)C(=O)CNC(=O)CN1C(=O)N[C@](Cc2ccccc2)(c2ccccc2)C1=O. The van der Waals surface area contributed by atoms with Crippen LogP contribution < -0.4 is 10.6 Å². The molecule has 3 rings (SSSR count). The Labute approximate surface area is 174 Å². The van der Waals surface area contributed by atoms with Gasteiger partial charge in [-0.2, -0.15) is 0 Å². The molecule has 1 aliphatic heterocycles. The third kappa shape index (κ3) is 4.32. The van der Waals surface area contributed by atoms with Crippen LogP contribution in [-0.2, 0) is 26.3 Å². The van der Waals surface area contributed by atoms with Gasteiger partial charge in [0, 0.05) is 20.5 Å². The number of likely N-dealkylation sites (N-methyl/N-ethyl adjacent to an activating group) is 1. The summed E-state index contributed by atoms with van der Waals surface area (Å²) in [7, 11) is 3.15. The van der Waals surface area contributed by atoms with Gasteiger partial charge in [-0.1, -0.05) is 60.7 Å². The number of carbonyl (C=O) groups is 4. The normalized spacial score (nSPS) is 18.1. The fourth-order valence-electron chi connectivity index (χ4n) is 3.34. The molecule has 2 aromatic carbocycles. The molecule has 0 aromatic heterocycles. The summed E-state index contributed by atoms with van der Waals surface area (Å²) in [6.07, 6.45) is 0.250. The molecule has 1 saturated heterocycles. The second kappa shape index (κ2) is 8.77. The minimum Gasteiger partial charge on any atom is -0.347 e. The van der Waals surface area contributed by atoms with E-state index in [0.29, 0.717) is 5.56 Å².